The standard InChI is InChI=1S/C14H12ClF2NO/c15-12-6-11(3-2-10(12)7-18)19-8-9-1-4-13(16)14(17)5-9/h1-6H,7-8,18H2. The molecule has 0 heterocycles. The molecule has 0 aliphatic rings. The number of benzene rings is 2. The zero-order valence-electron chi connectivity index (χ0n) is 10.00. The van der Waals surface area contributed by atoms with Crippen LogP contribution >= 0.6 is 11.6 Å². The van der Waals surface area contributed by atoms with Crippen molar-refractivity contribution < 1.29 is 13.5 Å². The van der Waals surface area contributed by atoms with Crippen LogP contribution in [0.15, 0.2) is 36.4 Å². The van der Waals surface area contributed by atoms with Gasteiger partial charge < -0.3 is 10.5 Å². The minimum absolute atomic E-state index is 0.134. The molecule has 19 heavy (non-hydrogen) atoms. The van der Waals surface area contributed by atoms with E-state index in [1.54, 1.807) is 18.2 Å². The van der Waals surface area contributed by atoms with Gasteiger partial charge in [-0.05, 0) is 35.4 Å². The molecule has 0 radical (unpaired) electrons. The Kier molecular flexibility index (Phi) is 4.35. The van der Waals surface area contributed by atoms with Gasteiger partial charge in [0.2, 0.25) is 0 Å². The highest BCUT2D eigenvalue weighted by Gasteiger charge is 2.04. The number of rotatable bonds is 4. The molecular weight excluding hydrogens is 272 g/mol. The summed E-state index contributed by atoms with van der Waals surface area (Å²) in [7, 11) is 0. The second-order valence-electron chi connectivity index (χ2n) is 3.99. The number of ether oxygens (including phenoxy) is 1. The highest BCUT2D eigenvalue weighted by Crippen LogP contribution is 2.23. The third-order valence-corrected chi connectivity index (χ3v) is 2.99. The Bertz CT molecular complexity index is 590. The lowest BCUT2D eigenvalue weighted by Crippen LogP contribution is -1.99. The first-order valence-corrected chi connectivity index (χ1v) is 6.03. The Hall–Kier alpha value is -1.65. The fourth-order valence-corrected chi connectivity index (χ4v) is 1.83. The monoisotopic (exact) mass is 283 g/mol. The summed E-state index contributed by atoms with van der Waals surface area (Å²) in [5, 5.41) is 0.519. The largest absolute Gasteiger partial charge is 0.489 e. The summed E-state index contributed by atoms with van der Waals surface area (Å²) in [5.41, 5.74) is 6.86. The van der Waals surface area contributed by atoms with Crippen molar-refractivity contribution in [1.82, 2.24) is 0 Å². The SMILES string of the molecule is NCc1ccc(OCc2ccc(F)c(F)c2)cc1Cl. The number of hydrogen-bond acceptors (Lipinski definition) is 2. The van der Waals surface area contributed by atoms with Crippen LogP contribution in [0.1, 0.15) is 11.1 Å². The van der Waals surface area contributed by atoms with Crippen molar-refractivity contribution in [3.05, 3.63) is 64.2 Å². The van der Waals surface area contributed by atoms with Gasteiger partial charge in [0.25, 0.3) is 0 Å². The van der Waals surface area contributed by atoms with E-state index in [1.807, 2.05) is 0 Å². The molecule has 2 nitrogen and oxygen atoms in total. The maximum atomic E-state index is 13.0. The average Bonchev–Trinajstić information content (AvgIpc) is 2.40. The first-order valence-electron chi connectivity index (χ1n) is 5.65. The van der Waals surface area contributed by atoms with Crippen LogP contribution in [0.4, 0.5) is 8.78 Å². The molecule has 100 valence electrons. The molecule has 0 fully saturated rings. The van der Waals surface area contributed by atoms with Crippen LogP contribution in [0.5, 0.6) is 5.75 Å². The van der Waals surface area contributed by atoms with E-state index in [2.05, 4.69) is 0 Å². The van der Waals surface area contributed by atoms with Gasteiger partial charge in [-0.25, -0.2) is 8.78 Å². The highest BCUT2D eigenvalue weighted by atomic mass is 35.5. The second kappa shape index (κ2) is 5.99. The lowest BCUT2D eigenvalue weighted by atomic mass is 10.2. The van der Waals surface area contributed by atoms with Gasteiger partial charge in [0, 0.05) is 11.6 Å². The zero-order valence-corrected chi connectivity index (χ0v) is 10.8. The maximum Gasteiger partial charge on any atom is 0.159 e. The van der Waals surface area contributed by atoms with Crippen LogP contribution in [-0.2, 0) is 13.2 Å². The molecule has 0 bridgehead atoms. The van der Waals surface area contributed by atoms with Gasteiger partial charge in [-0.2, -0.15) is 0 Å². The van der Waals surface area contributed by atoms with E-state index in [9.17, 15) is 8.78 Å². The normalized spacial score (nSPS) is 10.5. The maximum absolute atomic E-state index is 13.0. The minimum atomic E-state index is -0.891. The van der Waals surface area contributed by atoms with Crippen molar-refractivity contribution in [1.29, 1.82) is 0 Å². The summed E-state index contributed by atoms with van der Waals surface area (Å²) in [6.45, 7) is 0.484. The third-order valence-electron chi connectivity index (χ3n) is 2.63. The fraction of sp³-hybridized carbons (Fsp3) is 0.143. The van der Waals surface area contributed by atoms with E-state index in [0.29, 0.717) is 22.9 Å². The first kappa shape index (κ1) is 13.8. The molecule has 0 saturated heterocycles. The van der Waals surface area contributed by atoms with Crippen molar-refractivity contribution in [2.45, 2.75) is 13.2 Å². The Morgan fingerprint density at radius 2 is 1.84 bits per heavy atom. The quantitative estimate of drug-likeness (QED) is 0.929. The van der Waals surface area contributed by atoms with Gasteiger partial charge in [0.1, 0.15) is 12.4 Å². The van der Waals surface area contributed by atoms with Crippen LogP contribution in [0.25, 0.3) is 0 Å². The smallest absolute Gasteiger partial charge is 0.159 e. The molecule has 2 rings (SSSR count). The Balaban J connectivity index is 2.05. The van der Waals surface area contributed by atoms with Crippen molar-refractivity contribution in [2.24, 2.45) is 5.73 Å². The molecular formula is C14H12ClF2NO. The lowest BCUT2D eigenvalue weighted by molar-refractivity contribution is 0.305. The molecule has 0 aromatic heterocycles. The molecule has 0 aliphatic carbocycles. The number of hydrogen-bond donors (Lipinski definition) is 1. The van der Waals surface area contributed by atoms with Gasteiger partial charge in [-0.1, -0.05) is 23.7 Å². The Morgan fingerprint density at radius 1 is 1.05 bits per heavy atom. The van der Waals surface area contributed by atoms with E-state index < -0.39 is 11.6 Å². The number of nitrogens with two attached hydrogens (primary N) is 1. The predicted octanol–water partition coefficient (Wildman–Crippen LogP) is 3.66. The van der Waals surface area contributed by atoms with Gasteiger partial charge in [-0.3, -0.25) is 0 Å². The first-order chi connectivity index (χ1) is 9.10. The van der Waals surface area contributed by atoms with Crippen LogP contribution in [0.3, 0.4) is 0 Å². The van der Waals surface area contributed by atoms with Crippen LogP contribution < -0.4 is 10.5 Å². The van der Waals surface area contributed by atoms with Gasteiger partial charge in [0.15, 0.2) is 11.6 Å². The number of halogens is 3. The van der Waals surface area contributed by atoms with E-state index in [1.165, 1.54) is 6.07 Å². The molecule has 5 heteroatoms. The highest BCUT2D eigenvalue weighted by molar-refractivity contribution is 6.31. The van der Waals surface area contributed by atoms with Gasteiger partial charge in [0.05, 0.1) is 0 Å². The summed E-state index contributed by atoms with van der Waals surface area (Å²) >= 11 is 5.99. The molecule has 0 unspecified atom stereocenters. The molecule has 2 aromatic rings. The van der Waals surface area contributed by atoms with E-state index in [-0.39, 0.29) is 6.61 Å². The van der Waals surface area contributed by atoms with E-state index in [0.717, 1.165) is 17.7 Å². The summed E-state index contributed by atoms with van der Waals surface area (Å²) in [4.78, 5) is 0. The summed E-state index contributed by atoms with van der Waals surface area (Å²) < 4.78 is 31.2. The van der Waals surface area contributed by atoms with Crippen molar-refractivity contribution in [3.8, 4) is 5.75 Å². The topological polar surface area (TPSA) is 35.2 Å². The van der Waals surface area contributed by atoms with Crippen LogP contribution in [0.2, 0.25) is 5.02 Å². The van der Waals surface area contributed by atoms with Crippen molar-refractivity contribution >= 4 is 11.6 Å². The van der Waals surface area contributed by atoms with Gasteiger partial charge >= 0.3 is 0 Å². The van der Waals surface area contributed by atoms with Gasteiger partial charge in [-0.15, -0.1) is 0 Å². The molecule has 2 aromatic carbocycles. The predicted molar refractivity (Wildman–Crippen MR) is 70.0 cm³/mol. The molecule has 2 N–H and O–H groups in total. The average molecular weight is 284 g/mol. The minimum Gasteiger partial charge on any atom is -0.489 e. The lowest BCUT2D eigenvalue weighted by Gasteiger charge is -2.08. The Morgan fingerprint density at radius 3 is 2.47 bits per heavy atom. The summed E-state index contributed by atoms with van der Waals surface area (Å²) in [6, 6.07) is 8.78. The Labute approximate surface area is 114 Å². The summed E-state index contributed by atoms with van der Waals surface area (Å²) in [5.74, 6) is -1.22. The molecule has 0 spiro atoms. The fourth-order valence-electron chi connectivity index (χ4n) is 1.58. The molecule has 0 saturated carbocycles. The van der Waals surface area contributed by atoms with E-state index in [4.69, 9.17) is 22.1 Å². The van der Waals surface area contributed by atoms with E-state index >= 15 is 0 Å². The second-order valence-corrected chi connectivity index (χ2v) is 4.40. The summed E-state index contributed by atoms with van der Waals surface area (Å²) in [6.07, 6.45) is 0. The molecule has 0 amide bonds. The van der Waals surface area contributed by atoms with Crippen LogP contribution in [-0.4, -0.2) is 0 Å². The third kappa shape index (κ3) is 3.43. The zero-order chi connectivity index (χ0) is 13.8. The molecule has 0 aliphatic heterocycles. The van der Waals surface area contributed by atoms with Crippen molar-refractivity contribution in [2.75, 3.05) is 0 Å². The molecule has 0 atom stereocenters. The van der Waals surface area contributed by atoms with Crippen molar-refractivity contribution in [3.63, 3.8) is 0 Å². The van der Waals surface area contributed by atoms with Crippen LogP contribution in [0, 0.1) is 11.6 Å².